The first-order chi connectivity index (χ1) is 7.66. The summed E-state index contributed by atoms with van der Waals surface area (Å²) in [7, 11) is 0. The van der Waals surface area contributed by atoms with Gasteiger partial charge in [-0.2, -0.15) is 11.8 Å². The van der Waals surface area contributed by atoms with Crippen LogP contribution in [0.2, 0.25) is 5.15 Å². The molecule has 2 rings (SSSR count). The van der Waals surface area contributed by atoms with Gasteiger partial charge in [0, 0.05) is 35.9 Å². The van der Waals surface area contributed by atoms with Crippen LogP contribution in [0, 0.1) is 0 Å². The van der Waals surface area contributed by atoms with Crippen molar-refractivity contribution in [3.8, 4) is 0 Å². The molecule has 0 saturated carbocycles. The zero-order valence-electron chi connectivity index (χ0n) is 9.02. The minimum Gasteiger partial charge on any atom is -0.337 e. The Morgan fingerprint density at radius 1 is 1.69 bits per heavy atom. The number of rotatable bonds is 1. The fourth-order valence-corrected chi connectivity index (χ4v) is 2.91. The van der Waals surface area contributed by atoms with Crippen molar-refractivity contribution in [2.24, 2.45) is 0 Å². The third-order valence-electron chi connectivity index (χ3n) is 2.50. The van der Waals surface area contributed by atoms with Crippen molar-refractivity contribution in [2.45, 2.75) is 12.2 Å². The molecule has 2 heterocycles. The Labute approximate surface area is 104 Å². The standard InChI is InChI=1S/C11H13ClN2OS/c1-8-7-14(4-5-16-8)11(15)9-2-3-13-10(12)6-9/h2-3,6,8H,4-5,7H2,1H3. The van der Waals surface area contributed by atoms with E-state index in [9.17, 15) is 4.79 Å². The number of aromatic nitrogens is 1. The van der Waals surface area contributed by atoms with Crippen LogP contribution in [0.25, 0.3) is 0 Å². The van der Waals surface area contributed by atoms with E-state index < -0.39 is 0 Å². The van der Waals surface area contributed by atoms with Gasteiger partial charge in [-0.05, 0) is 12.1 Å². The smallest absolute Gasteiger partial charge is 0.254 e. The molecule has 5 heteroatoms. The molecule has 0 N–H and O–H groups in total. The van der Waals surface area contributed by atoms with Gasteiger partial charge in [-0.25, -0.2) is 4.98 Å². The van der Waals surface area contributed by atoms with Gasteiger partial charge in [-0.1, -0.05) is 18.5 Å². The Hall–Kier alpha value is -0.740. The zero-order valence-corrected chi connectivity index (χ0v) is 10.6. The molecule has 0 aliphatic carbocycles. The lowest BCUT2D eigenvalue weighted by molar-refractivity contribution is 0.0763. The molecular weight excluding hydrogens is 244 g/mol. The molecule has 1 amide bonds. The number of thioether (sulfide) groups is 1. The average Bonchev–Trinajstić information content (AvgIpc) is 2.28. The third kappa shape index (κ3) is 2.68. The summed E-state index contributed by atoms with van der Waals surface area (Å²) in [5.41, 5.74) is 0.624. The molecule has 0 spiro atoms. The summed E-state index contributed by atoms with van der Waals surface area (Å²) in [5, 5.41) is 0.875. The number of carbonyl (C=O) groups is 1. The predicted octanol–water partition coefficient (Wildman–Crippen LogP) is 2.31. The van der Waals surface area contributed by atoms with E-state index in [2.05, 4.69) is 11.9 Å². The van der Waals surface area contributed by atoms with Gasteiger partial charge >= 0.3 is 0 Å². The van der Waals surface area contributed by atoms with Gasteiger partial charge in [0.1, 0.15) is 5.15 Å². The van der Waals surface area contributed by atoms with Crippen molar-refractivity contribution in [2.75, 3.05) is 18.8 Å². The molecule has 1 saturated heterocycles. The van der Waals surface area contributed by atoms with Crippen LogP contribution in [-0.2, 0) is 0 Å². The summed E-state index contributed by atoms with van der Waals surface area (Å²) in [6.07, 6.45) is 1.57. The van der Waals surface area contributed by atoms with Gasteiger partial charge in [-0.3, -0.25) is 4.79 Å². The second-order valence-electron chi connectivity index (χ2n) is 3.80. The predicted molar refractivity (Wildman–Crippen MR) is 67.1 cm³/mol. The van der Waals surface area contributed by atoms with Gasteiger partial charge in [0.15, 0.2) is 0 Å². The molecule has 3 nitrogen and oxygen atoms in total. The lowest BCUT2D eigenvalue weighted by Gasteiger charge is -2.30. The van der Waals surface area contributed by atoms with Crippen LogP contribution >= 0.6 is 23.4 Å². The summed E-state index contributed by atoms with van der Waals surface area (Å²) in [4.78, 5) is 17.9. The normalized spacial score (nSPS) is 20.9. The van der Waals surface area contributed by atoms with E-state index in [1.54, 1.807) is 18.3 Å². The first-order valence-corrected chi connectivity index (χ1v) is 6.62. The Bertz CT molecular complexity index is 399. The highest BCUT2D eigenvalue weighted by Gasteiger charge is 2.22. The van der Waals surface area contributed by atoms with Crippen molar-refractivity contribution < 1.29 is 4.79 Å². The van der Waals surface area contributed by atoms with E-state index in [-0.39, 0.29) is 5.91 Å². The van der Waals surface area contributed by atoms with Gasteiger partial charge in [-0.15, -0.1) is 0 Å². The Kier molecular flexibility index (Phi) is 3.71. The molecule has 1 unspecified atom stereocenters. The van der Waals surface area contributed by atoms with Crippen LogP contribution in [0.15, 0.2) is 18.3 Å². The monoisotopic (exact) mass is 256 g/mol. The van der Waals surface area contributed by atoms with Crippen LogP contribution in [0.1, 0.15) is 17.3 Å². The highest BCUT2D eigenvalue weighted by Crippen LogP contribution is 2.20. The maximum absolute atomic E-state index is 12.1. The first-order valence-electron chi connectivity index (χ1n) is 5.19. The number of amides is 1. The van der Waals surface area contributed by atoms with Crippen molar-refractivity contribution >= 4 is 29.3 Å². The Morgan fingerprint density at radius 2 is 2.50 bits per heavy atom. The van der Waals surface area contributed by atoms with Crippen LogP contribution in [0.3, 0.4) is 0 Å². The maximum atomic E-state index is 12.1. The quantitative estimate of drug-likeness (QED) is 0.723. The lowest BCUT2D eigenvalue weighted by atomic mass is 10.2. The van der Waals surface area contributed by atoms with E-state index in [1.807, 2.05) is 16.7 Å². The molecule has 0 aromatic carbocycles. The van der Waals surface area contributed by atoms with Crippen LogP contribution in [-0.4, -0.2) is 39.9 Å². The summed E-state index contributed by atoms with van der Waals surface area (Å²) < 4.78 is 0. The van der Waals surface area contributed by atoms with Crippen molar-refractivity contribution in [1.82, 2.24) is 9.88 Å². The highest BCUT2D eigenvalue weighted by molar-refractivity contribution is 7.99. The van der Waals surface area contributed by atoms with E-state index in [4.69, 9.17) is 11.6 Å². The molecule has 16 heavy (non-hydrogen) atoms. The number of halogens is 1. The van der Waals surface area contributed by atoms with Gasteiger partial charge in [0.05, 0.1) is 0 Å². The molecule has 1 aliphatic rings. The molecule has 1 aromatic heterocycles. The van der Waals surface area contributed by atoms with E-state index in [0.717, 1.165) is 18.8 Å². The fourth-order valence-electron chi connectivity index (χ4n) is 1.72. The topological polar surface area (TPSA) is 33.2 Å². The van der Waals surface area contributed by atoms with Crippen molar-refractivity contribution in [3.63, 3.8) is 0 Å². The summed E-state index contributed by atoms with van der Waals surface area (Å²) in [6.45, 7) is 3.76. The molecule has 86 valence electrons. The lowest BCUT2D eigenvalue weighted by Crippen LogP contribution is -2.41. The Balaban J connectivity index is 2.12. The number of carbonyl (C=O) groups excluding carboxylic acids is 1. The fraction of sp³-hybridized carbons (Fsp3) is 0.455. The Morgan fingerprint density at radius 3 is 3.19 bits per heavy atom. The maximum Gasteiger partial charge on any atom is 0.254 e. The minimum atomic E-state index is 0.0523. The SMILES string of the molecule is CC1CN(C(=O)c2ccnc(Cl)c2)CCS1. The minimum absolute atomic E-state index is 0.0523. The number of hydrogen-bond donors (Lipinski definition) is 0. The molecular formula is C11H13ClN2OS. The van der Waals surface area contributed by atoms with E-state index in [0.29, 0.717) is 16.0 Å². The van der Waals surface area contributed by atoms with Gasteiger partial charge in [0.25, 0.3) is 5.91 Å². The first kappa shape index (κ1) is 11.7. The largest absolute Gasteiger partial charge is 0.337 e. The zero-order chi connectivity index (χ0) is 11.5. The van der Waals surface area contributed by atoms with Gasteiger partial charge < -0.3 is 4.90 Å². The second kappa shape index (κ2) is 5.06. The van der Waals surface area contributed by atoms with Crippen molar-refractivity contribution in [3.05, 3.63) is 29.0 Å². The number of pyridine rings is 1. The van der Waals surface area contributed by atoms with Crippen LogP contribution in [0.4, 0.5) is 0 Å². The summed E-state index contributed by atoms with van der Waals surface area (Å²) in [5.74, 6) is 1.06. The summed E-state index contributed by atoms with van der Waals surface area (Å²) in [6, 6.07) is 3.33. The number of nitrogens with zero attached hydrogens (tertiary/aromatic N) is 2. The van der Waals surface area contributed by atoms with Gasteiger partial charge in [0.2, 0.25) is 0 Å². The van der Waals surface area contributed by atoms with Crippen LogP contribution in [0.5, 0.6) is 0 Å². The third-order valence-corrected chi connectivity index (χ3v) is 3.84. The molecule has 0 radical (unpaired) electrons. The molecule has 1 fully saturated rings. The van der Waals surface area contributed by atoms with Crippen molar-refractivity contribution in [1.29, 1.82) is 0 Å². The molecule has 1 aromatic rings. The van der Waals surface area contributed by atoms with E-state index >= 15 is 0 Å². The second-order valence-corrected chi connectivity index (χ2v) is 5.73. The molecule has 0 bridgehead atoms. The molecule has 1 aliphatic heterocycles. The van der Waals surface area contributed by atoms with Crippen LogP contribution < -0.4 is 0 Å². The average molecular weight is 257 g/mol. The molecule has 1 atom stereocenters. The van der Waals surface area contributed by atoms with E-state index in [1.165, 1.54) is 0 Å². The highest BCUT2D eigenvalue weighted by atomic mass is 35.5. The number of hydrogen-bond acceptors (Lipinski definition) is 3. The summed E-state index contributed by atoms with van der Waals surface area (Å²) >= 11 is 7.68.